The van der Waals surface area contributed by atoms with Gasteiger partial charge in [-0.2, -0.15) is 0 Å². The third kappa shape index (κ3) is 4.72. The van der Waals surface area contributed by atoms with Crippen molar-refractivity contribution in [3.63, 3.8) is 0 Å². The summed E-state index contributed by atoms with van der Waals surface area (Å²) in [5, 5.41) is 9.72. The van der Waals surface area contributed by atoms with Gasteiger partial charge in [-0.15, -0.1) is 35.3 Å². The molecule has 1 aliphatic rings. The van der Waals surface area contributed by atoms with Crippen LogP contribution in [0.15, 0.2) is 10.4 Å². The van der Waals surface area contributed by atoms with Gasteiger partial charge in [-0.1, -0.05) is 0 Å². The normalized spacial score (nSPS) is 13.7. The maximum absolute atomic E-state index is 4.62. The van der Waals surface area contributed by atoms with E-state index >= 15 is 0 Å². The van der Waals surface area contributed by atoms with E-state index in [9.17, 15) is 0 Å². The van der Waals surface area contributed by atoms with Crippen LogP contribution in [0.25, 0.3) is 0 Å². The van der Waals surface area contributed by atoms with E-state index in [1.807, 2.05) is 0 Å². The van der Waals surface area contributed by atoms with Crippen molar-refractivity contribution in [1.82, 2.24) is 15.6 Å². The summed E-state index contributed by atoms with van der Waals surface area (Å²) < 4.78 is 0. The van der Waals surface area contributed by atoms with E-state index in [1.54, 1.807) is 11.3 Å². The molecule has 1 fully saturated rings. The van der Waals surface area contributed by atoms with E-state index in [0.29, 0.717) is 6.54 Å². The van der Waals surface area contributed by atoms with Crippen LogP contribution in [-0.4, -0.2) is 24.0 Å². The van der Waals surface area contributed by atoms with Gasteiger partial charge < -0.3 is 10.6 Å². The quantitative estimate of drug-likeness (QED) is 0.469. The Hall–Kier alpha value is -0.370. The molecule has 1 aromatic heterocycles. The highest BCUT2D eigenvalue weighted by Crippen LogP contribution is 2.40. The number of aliphatic imine (C=N–C) groups is 1. The molecule has 0 saturated heterocycles. The number of halogens is 1. The van der Waals surface area contributed by atoms with Crippen molar-refractivity contribution in [2.45, 2.75) is 39.2 Å². The second kappa shape index (κ2) is 7.93. The predicted octanol–water partition coefficient (Wildman–Crippen LogP) is 2.71. The average Bonchev–Trinajstić information content (AvgIpc) is 3.07. The Labute approximate surface area is 130 Å². The number of aromatic nitrogens is 1. The standard InChI is InChI=1S/C12H20N4S.HI/c1-3-13-12(14-4-2)15-7-11-16-10(8-17-11)9-5-6-9;/h8-9H,3-7H2,1-2H3,(H2,13,14,15);1H. The summed E-state index contributed by atoms with van der Waals surface area (Å²) in [6, 6.07) is 0. The van der Waals surface area contributed by atoms with Gasteiger partial charge in [0.25, 0.3) is 0 Å². The highest BCUT2D eigenvalue weighted by atomic mass is 127. The Balaban J connectivity index is 0.00000162. The van der Waals surface area contributed by atoms with Gasteiger partial charge in [-0.05, 0) is 26.7 Å². The van der Waals surface area contributed by atoms with Crippen molar-refractivity contribution in [2.24, 2.45) is 4.99 Å². The summed E-state index contributed by atoms with van der Waals surface area (Å²) in [5.41, 5.74) is 1.27. The van der Waals surface area contributed by atoms with Gasteiger partial charge in [0, 0.05) is 24.4 Å². The summed E-state index contributed by atoms with van der Waals surface area (Å²) in [6.07, 6.45) is 2.62. The number of nitrogens with zero attached hydrogens (tertiary/aromatic N) is 2. The van der Waals surface area contributed by atoms with Crippen molar-refractivity contribution < 1.29 is 0 Å². The van der Waals surface area contributed by atoms with Gasteiger partial charge >= 0.3 is 0 Å². The lowest BCUT2D eigenvalue weighted by Gasteiger charge is -2.08. The van der Waals surface area contributed by atoms with Gasteiger partial charge in [0.1, 0.15) is 5.01 Å². The molecule has 2 rings (SSSR count). The first-order valence-corrected chi connectivity index (χ1v) is 7.18. The zero-order valence-corrected chi connectivity index (χ0v) is 14.0. The monoisotopic (exact) mass is 380 g/mol. The molecule has 0 radical (unpaired) electrons. The fourth-order valence-corrected chi connectivity index (χ4v) is 2.42. The molecule has 1 aliphatic carbocycles. The van der Waals surface area contributed by atoms with Crippen molar-refractivity contribution in [3.05, 3.63) is 16.1 Å². The highest BCUT2D eigenvalue weighted by Gasteiger charge is 2.25. The van der Waals surface area contributed by atoms with Crippen LogP contribution < -0.4 is 10.6 Å². The number of nitrogens with one attached hydrogen (secondary N) is 2. The van der Waals surface area contributed by atoms with Crippen LogP contribution in [0.1, 0.15) is 43.3 Å². The fraction of sp³-hybridized carbons (Fsp3) is 0.667. The van der Waals surface area contributed by atoms with E-state index < -0.39 is 0 Å². The third-order valence-corrected chi connectivity index (χ3v) is 3.48. The van der Waals surface area contributed by atoms with Gasteiger partial charge in [0.2, 0.25) is 0 Å². The molecule has 1 aromatic rings. The summed E-state index contributed by atoms with van der Waals surface area (Å²) in [7, 11) is 0. The van der Waals surface area contributed by atoms with Gasteiger partial charge in [-0.3, -0.25) is 0 Å². The van der Waals surface area contributed by atoms with E-state index in [-0.39, 0.29) is 24.0 Å². The Morgan fingerprint density at radius 1 is 1.39 bits per heavy atom. The van der Waals surface area contributed by atoms with E-state index in [0.717, 1.165) is 30.0 Å². The van der Waals surface area contributed by atoms with Crippen molar-refractivity contribution in [3.8, 4) is 0 Å². The maximum Gasteiger partial charge on any atom is 0.191 e. The van der Waals surface area contributed by atoms with Crippen molar-refractivity contribution in [1.29, 1.82) is 0 Å². The molecular formula is C12H21IN4S. The Kier molecular flexibility index (Phi) is 6.91. The Morgan fingerprint density at radius 3 is 2.61 bits per heavy atom. The second-order valence-corrected chi connectivity index (χ2v) is 5.11. The van der Waals surface area contributed by atoms with Gasteiger partial charge in [-0.25, -0.2) is 9.98 Å². The minimum Gasteiger partial charge on any atom is -0.357 e. The smallest absolute Gasteiger partial charge is 0.191 e. The zero-order valence-electron chi connectivity index (χ0n) is 10.9. The van der Waals surface area contributed by atoms with Gasteiger partial charge in [0.05, 0.1) is 12.2 Å². The van der Waals surface area contributed by atoms with E-state index in [4.69, 9.17) is 0 Å². The van der Waals surface area contributed by atoms with E-state index in [1.165, 1.54) is 18.5 Å². The first kappa shape index (κ1) is 15.7. The summed E-state index contributed by atoms with van der Waals surface area (Å²) in [6.45, 7) is 6.59. The van der Waals surface area contributed by atoms with Crippen LogP contribution in [0, 0.1) is 0 Å². The van der Waals surface area contributed by atoms with Crippen molar-refractivity contribution >= 4 is 41.3 Å². The molecule has 18 heavy (non-hydrogen) atoms. The minimum atomic E-state index is 0. The molecule has 1 saturated carbocycles. The van der Waals surface area contributed by atoms with Crippen LogP contribution in [0.4, 0.5) is 0 Å². The Bertz CT molecular complexity index is 379. The molecule has 102 valence electrons. The highest BCUT2D eigenvalue weighted by molar-refractivity contribution is 14.0. The predicted molar refractivity (Wildman–Crippen MR) is 88.0 cm³/mol. The Morgan fingerprint density at radius 2 is 2.06 bits per heavy atom. The maximum atomic E-state index is 4.62. The van der Waals surface area contributed by atoms with Crippen molar-refractivity contribution in [2.75, 3.05) is 13.1 Å². The lowest BCUT2D eigenvalue weighted by atomic mass is 10.3. The third-order valence-electron chi connectivity index (χ3n) is 2.63. The molecule has 0 bridgehead atoms. The molecular weight excluding hydrogens is 359 g/mol. The second-order valence-electron chi connectivity index (χ2n) is 4.17. The number of thiazole rings is 1. The SMILES string of the molecule is CCNC(=NCc1nc(C2CC2)cs1)NCC.I. The van der Waals surface area contributed by atoms with Crippen LogP contribution in [0.3, 0.4) is 0 Å². The number of hydrogen-bond acceptors (Lipinski definition) is 3. The number of guanidine groups is 1. The van der Waals surface area contributed by atoms with Crippen LogP contribution in [0.5, 0.6) is 0 Å². The number of hydrogen-bond donors (Lipinski definition) is 2. The number of rotatable bonds is 5. The first-order valence-electron chi connectivity index (χ1n) is 6.30. The molecule has 0 aliphatic heterocycles. The molecule has 0 atom stereocenters. The van der Waals surface area contributed by atoms with Gasteiger partial charge in [0.15, 0.2) is 5.96 Å². The first-order chi connectivity index (χ1) is 8.33. The largest absolute Gasteiger partial charge is 0.357 e. The van der Waals surface area contributed by atoms with E-state index in [2.05, 4.69) is 39.8 Å². The molecule has 0 aromatic carbocycles. The zero-order chi connectivity index (χ0) is 12.1. The summed E-state index contributed by atoms with van der Waals surface area (Å²) >= 11 is 1.72. The fourth-order valence-electron chi connectivity index (χ4n) is 1.62. The molecule has 4 nitrogen and oxygen atoms in total. The minimum absolute atomic E-state index is 0. The molecule has 0 unspecified atom stereocenters. The summed E-state index contributed by atoms with van der Waals surface area (Å²) in [5.74, 6) is 1.61. The summed E-state index contributed by atoms with van der Waals surface area (Å²) in [4.78, 5) is 9.13. The molecule has 0 spiro atoms. The molecule has 6 heteroatoms. The molecule has 0 amide bonds. The lowest BCUT2D eigenvalue weighted by molar-refractivity contribution is 0.836. The van der Waals surface area contributed by atoms with Crippen LogP contribution in [0.2, 0.25) is 0 Å². The molecule has 2 N–H and O–H groups in total. The molecule has 1 heterocycles. The average molecular weight is 380 g/mol. The lowest BCUT2D eigenvalue weighted by Crippen LogP contribution is -2.36. The van der Waals surface area contributed by atoms with Crippen LogP contribution >= 0.6 is 35.3 Å². The topological polar surface area (TPSA) is 49.3 Å². The van der Waals surface area contributed by atoms with Crippen LogP contribution in [-0.2, 0) is 6.54 Å².